The summed E-state index contributed by atoms with van der Waals surface area (Å²) >= 11 is 0. The molecule has 0 aromatic heterocycles. The Hall–Kier alpha value is -0.860. The highest BCUT2D eigenvalue weighted by Gasteiger charge is 2.13. The van der Waals surface area contributed by atoms with Crippen molar-refractivity contribution in [2.75, 3.05) is 0 Å². The predicted octanol–water partition coefficient (Wildman–Crippen LogP) is 0.132. The molecular weight excluding hydrogens is 144 g/mol. The maximum atomic E-state index is 10.7. The lowest BCUT2D eigenvalue weighted by atomic mass is 9.99. The number of carboxylic acid groups (broad SMARTS) is 1. The van der Waals surface area contributed by atoms with Crippen LogP contribution in [0, 0.1) is 5.92 Å². The number of hydrogen-bond acceptors (Lipinski definition) is 3. The van der Waals surface area contributed by atoms with Gasteiger partial charge in [-0.15, -0.1) is 0 Å². The van der Waals surface area contributed by atoms with Gasteiger partial charge >= 0.3 is 0 Å². The molecule has 0 fully saturated rings. The quantitative estimate of drug-likeness (QED) is 0.533. The van der Waals surface area contributed by atoms with Gasteiger partial charge in [0.15, 0.2) is 0 Å². The van der Waals surface area contributed by atoms with E-state index in [2.05, 4.69) is 0 Å². The van der Waals surface area contributed by atoms with E-state index in [1.54, 1.807) is 0 Å². The van der Waals surface area contributed by atoms with E-state index in [1.165, 1.54) is 6.92 Å². The Bertz CT molecular complexity index is 137. The minimum Gasteiger partial charge on any atom is -0.549 e. The molecule has 0 aliphatic rings. The Morgan fingerprint density at radius 2 is 2.00 bits per heavy atom. The van der Waals surface area contributed by atoms with Gasteiger partial charge in [0, 0.05) is 0 Å². The number of Topliss-reactive ketones (excluding diaryl/α,β-unsaturated/α-hetero) is 1. The first kappa shape index (κ1) is 10.1. The summed E-state index contributed by atoms with van der Waals surface area (Å²) < 4.78 is 0. The minimum absolute atomic E-state index is 0.307. The van der Waals surface area contributed by atoms with Gasteiger partial charge in [-0.2, -0.15) is 0 Å². The fourth-order valence-corrected chi connectivity index (χ4v) is 0.895. The van der Waals surface area contributed by atoms with E-state index in [1.807, 2.05) is 6.92 Å². The number of carbonyl (C=O) groups excluding carboxylic acids is 2. The minimum atomic E-state index is -1.24. The number of unbranched alkanes of at least 4 members (excludes halogenated alkanes) is 1. The van der Waals surface area contributed by atoms with E-state index in [0.717, 1.165) is 12.8 Å². The molecule has 0 aromatic rings. The Balaban J connectivity index is 3.90. The average Bonchev–Trinajstić information content (AvgIpc) is 1.87. The number of rotatable bonds is 5. The fourth-order valence-electron chi connectivity index (χ4n) is 0.895. The normalized spacial score (nSPS) is 12.5. The van der Waals surface area contributed by atoms with Crippen molar-refractivity contribution in [3.63, 3.8) is 0 Å². The van der Waals surface area contributed by atoms with Crippen LogP contribution in [0.1, 0.15) is 33.1 Å². The van der Waals surface area contributed by atoms with E-state index in [0.29, 0.717) is 6.42 Å². The molecule has 3 heteroatoms. The highest BCUT2D eigenvalue weighted by molar-refractivity contribution is 5.95. The highest BCUT2D eigenvalue weighted by atomic mass is 16.4. The molecule has 0 heterocycles. The largest absolute Gasteiger partial charge is 0.549 e. The number of hydrogen-bond donors (Lipinski definition) is 0. The second kappa shape index (κ2) is 4.88. The van der Waals surface area contributed by atoms with E-state index >= 15 is 0 Å². The zero-order valence-corrected chi connectivity index (χ0v) is 6.92. The summed E-state index contributed by atoms with van der Waals surface area (Å²) in [6.45, 7) is 3.24. The Morgan fingerprint density at radius 3 is 2.27 bits per heavy atom. The molecule has 0 aliphatic carbocycles. The van der Waals surface area contributed by atoms with Crippen molar-refractivity contribution in [2.45, 2.75) is 33.1 Å². The second-order valence-electron chi connectivity index (χ2n) is 2.62. The molecule has 11 heavy (non-hydrogen) atoms. The molecule has 1 unspecified atom stereocenters. The Labute approximate surface area is 66.4 Å². The van der Waals surface area contributed by atoms with Crippen molar-refractivity contribution in [1.82, 2.24) is 0 Å². The van der Waals surface area contributed by atoms with Gasteiger partial charge in [-0.3, -0.25) is 4.79 Å². The summed E-state index contributed by atoms with van der Waals surface area (Å²) in [5.41, 5.74) is 0. The van der Waals surface area contributed by atoms with Crippen molar-refractivity contribution in [1.29, 1.82) is 0 Å². The third-order valence-electron chi connectivity index (χ3n) is 1.62. The highest BCUT2D eigenvalue weighted by Crippen LogP contribution is 2.08. The predicted molar refractivity (Wildman–Crippen MR) is 38.7 cm³/mol. The van der Waals surface area contributed by atoms with Crippen LogP contribution in [-0.2, 0) is 9.59 Å². The summed E-state index contributed by atoms with van der Waals surface area (Å²) in [5, 5.41) is 10.3. The number of aliphatic carboxylic acids is 1. The molecule has 1 atom stereocenters. The van der Waals surface area contributed by atoms with Crippen molar-refractivity contribution in [3.05, 3.63) is 0 Å². The van der Waals surface area contributed by atoms with E-state index < -0.39 is 11.9 Å². The number of ketones is 1. The SMILES string of the molecule is CCCCC(C(C)=O)C(=O)[O-]. The standard InChI is InChI=1S/C8H14O3/c1-3-4-5-7(6(2)9)8(10)11/h7H,3-5H2,1-2H3,(H,10,11)/p-1. The summed E-state index contributed by atoms with van der Waals surface area (Å²) in [6.07, 6.45) is 2.07. The third kappa shape index (κ3) is 3.75. The topological polar surface area (TPSA) is 57.2 Å². The van der Waals surface area contributed by atoms with Crippen molar-refractivity contribution < 1.29 is 14.7 Å². The first-order chi connectivity index (χ1) is 5.09. The zero-order valence-electron chi connectivity index (χ0n) is 6.92. The van der Waals surface area contributed by atoms with Gasteiger partial charge in [0.1, 0.15) is 5.78 Å². The first-order valence-corrected chi connectivity index (χ1v) is 3.81. The van der Waals surface area contributed by atoms with Gasteiger partial charge in [0.05, 0.1) is 11.9 Å². The molecule has 0 spiro atoms. The van der Waals surface area contributed by atoms with Crippen molar-refractivity contribution in [3.8, 4) is 0 Å². The van der Waals surface area contributed by atoms with Gasteiger partial charge in [-0.1, -0.05) is 19.8 Å². The van der Waals surface area contributed by atoms with Gasteiger partial charge in [0.2, 0.25) is 0 Å². The number of carbonyl (C=O) groups is 2. The Morgan fingerprint density at radius 1 is 1.45 bits per heavy atom. The van der Waals surface area contributed by atoms with Crippen LogP contribution in [0.25, 0.3) is 0 Å². The van der Waals surface area contributed by atoms with Gasteiger partial charge < -0.3 is 9.90 Å². The monoisotopic (exact) mass is 157 g/mol. The van der Waals surface area contributed by atoms with Crippen LogP contribution >= 0.6 is 0 Å². The van der Waals surface area contributed by atoms with Crippen LogP contribution in [0.4, 0.5) is 0 Å². The lowest BCUT2D eigenvalue weighted by molar-refractivity contribution is -0.310. The van der Waals surface area contributed by atoms with Gasteiger partial charge in [0.25, 0.3) is 0 Å². The lowest BCUT2D eigenvalue weighted by Crippen LogP contribution is -2.35. The van der Waals surface area contributed by atoms with Crippen LogP contribution in [0.15, 0.2) is 0 Å². The van der Waals surface area contributed by atoms with Crippen LogP contribution in [-0.4, -0.2) is 11.8 Å². The van der Waals surface area contributed by atoms with Gasteiger partial charge in [-0.05, 0) is 13.3 Å². The fraction of sp³-hybridized carbons (Fsp3) is 0.750. The van der Waals surface area contributed by atoms with Crippen molar-refractivity contribution >= 4 is 11.8 Å². The molecule has 0 bridgehead atoms. The molecule has 0 amide bonds. The third-order valence-corrected chi connectivity index (χ3v) is 1.62. The Kier molecular flexibility index (Phi) is 4.50. The van der Waals surface area contributed by atoms with Crippen molar-refractivity contribution in [2.24, 2.45) is 5.92 Å². The number of carboxylic acids is 1. The van der Waals surface area contributed by atoms with Crippen LogP contribution in [0.5, 0.6) is 0 Å². The molecule has 64 valence electrons. The second-order valence-corrected chi connectivity index (χ2v) is 2.62. The van der Waals surface area contributed by atoms with Crippen LogP contribution in [0.3, 0.4) is 0 Å². The molecule has 0 radical (unpaired) electrons. The summed E-state index contributed by atoms with van der Waals surface area (Å²) in [5.74, 6) is -2.45. The smallest absolute Gasteiger partial charge is 0.138 e. The van der Waals surface area contributed by atoms with Crippen LogP contribution in [0.2, 0.25) is 0 Å². The zero-order chi connectivity index (χ0) is 8.85. The average molecular weight is 157 g/mol. The van der Waals surface area contributed by atoms with E-state index in [4.69, 9.17) is 0 Å². The van der Waals surface area contributed by atoms with E-state index in [9.17, 15) is 14.7 Å². The van der Waals surface area contributed by atoms with Crippen LogP contribution < -0.4 is 5.11 Å². The molecule has 0 saturated heterocycles. The summed E-state index contributed by atoms with van der Waals surface area (Å²) in [6, 6.07) is 0. The molecule has 0 rings (SSSR count). The maximum Gasteiger partial charge on any atom is 0.138 e. The summed E-state index contributed by atoms with van der Waals surface area (Å²) in [4.78, 5) is 21.0. The molecule has 0 aliphatic heterocycles. The first-order valence-electron chi connectivity index (χ1n) is 3.81. The molecular formula is C8H13O3-. The lowest BCUT2D eigenvalue weighted by Gasteiger charge is -2.13. The van der Waals surface area contributed by atoms with E-state index in [-0.39, 0.29) is 5.78 Å². The summed E-state index contributed by atoms with van der Waals surface area (Å²) in [7, 11) is 0. The molecule has 0 saturated carbocycles. The molecule has 3 nitrogen and oxygen atoms in total. The van der Waals surface area contributed by atoms with Gasteiger partial charge in [-0.25, -0.2) is 0 Å². The molecule has 0 N–H and O–H groups in total. The molecule has 0 aromatic carbocycles. The maximum absolute atomic E-state index is 10.7.